The Morgan fingerprint density at radius 3 is 1.71 bits per heavy atom. The minimum Gasteiger partial charge on any atom is -0.481 e. The Morgan fingerprint density at radius 1 is 0.672 bits per heavy atom. The number of esters is 1. The van der Waals surface area contributed by atoms with Crippen LogP contribution in [0.3, 0.4) is 0 Å². The van der Waals surface area contributed by atoms with Gasteiger partial charge in [-0.2, -0.15) is 0 Å². The van der Waals surface area contributed by atoms with Gasteiger partial charge in [0, 0.05) is 38.3 Å². The standard InChI is InChI=1S/C40H61N7O11/c1-8-58-35(52)19-15-28(14-17-33(41)49)44-38(55)32(22-27-12-10-9-11-13-27)47-40(57)31(21-24(4)5)46-36(53)25(6)42-37(54)29(16-18-34(50)51)45-39(56)30(20-23(2)3)43-26(7)48/h9-13,15,19,23-25,28-32H,8,14,16-18,20-22H2,1-7H3,(H2,41,49)(H,42,54)(H,43,48)(H,44,55)(H,45,56)(H,46,53)(H,47,57)(H,50,51)/b19-15+/t25-,28-,29-,30-,31-,32-/m0/s1. The minimum atomic E-state index is -1.38. The van der Waals surface area contributed by atoms with Gasteiger partial charge in [-0.3, -0.25) is 38.4 Å². The van der Waals surface area contributed by atoms with Crippen LogP contribution < -0.4 is 37.6 Å². The molecule has 18 nitrogen and oxygen atoms in total. The van der Waals surface area contributed by atoms with E-state index in [0.717, 1.165) is 6.08 Å². The maximum absolute atomic E-state index is 13.9. The van der Waals surface area contributed by atoms with Gasteiger partial charge in [0.25, 0.3) is 0 Å². The summed E-state index contributed by atoms with van der Waals surface area (Å²) in [5.74, 6) is -6.86. The lowest BCUT2D eigenvalue weighted by molar-refractivity contribution is -0.139. The van der Waals surface area contributed by atoms with Crippen LogP contribution in [0.2, 0.25) is 0 Å². The average Bonchev–Trinajstić information content (AvgIpc) is 3.13. The van der Waals surface area contributed by atoms with Crippen LogP contribution in [0.15, 0.2) is 42.5 Å². The molecule has 0 spiro atoms. The van der Waals surface area contributed by atoms with E-state index in [9.17, 15) is 48.3 Å². The molecule has 0 aliphatic heterocycles. The van der Waals surface area contributed by atoms with Gasteiger partial charge in [0.2, 0.25) is 41.4 Å². The lowest BCUT2D eigenvalue weighted by Gasteiger charge is -2.27. The minimum absolute atomic E-state index is 0.0123. The molecule has 9 N–H and O–H groups in total. The molecule has 0 aliphatic rings. The molecule has 0 aliphatic carbocycles. The number of nitrogens with one attached hydrogen (secondary N) is 6. The van der Waals surface area contributed by atoms with Crippen LogP contribution in [0.1, 0.15) is 92.6 Å². The van der Waals surface area contributed by atoms with Gasteiger partial charge in [-0.1, -0.05) is 64.1 Å². The number of ether oxygens (including phenoxy) is 1. The van der Waals surface area contributed by atoms with Gasteiger partial charge in [-0.15, -0.1) is 0 Å². The highest BCUT2D eigenvalue weighted by atomic mass is 16.5. The van der Waals surface area contributed by atoms with Crippen molar-refractivity contribution in [2.24, 2.45) is 17.6 Å². The summed E-state index contributed by atoms with van der Waals surface area (Å²) in [6, 6.07) is 1.92. The monoisotopic (exact) mass is 815 g/mol. The number of carbonyl (C=O) groups excluding carboxylic acids is 8. The number of carboxylic acids is 1. The van der Waals surface area contributed by atoms with Crippen molar-refractivity contribution in [3.05, 3.63) is 48.0 Å². The number of nitrogens with two attached hydrogens (primary N) is 1. The Morgan fingerprint density at radius 2 is 1.19 bits per heavy atom. The quantitative estimate of drug-likeness (QED) is 0.0471. The normalized spacial score (nSPS) is 14.2. The zero-order valence-electron chi connectivity index (χ0n) is 34.4. The number of benzene rings is 1. The van der Waals surface area contributed by atoms with Gasteiger partial charge in [-0.25, -0.2) is 4.79 Å². The van der Waals surface area contributed by atoms with Crippen LogP contribution in [-0.2, 0) is 54.3 Å². The van der Waals surface area contributed by atoms with Gasteiger partial charge in [0.1, 0.15) is 30.2 Å². The molecule has 0 saturated heterocycles. The Balaban J connectivity index is 3.28. The van der Waals surface area contributed by atoms with E-state index < -0.39 is 96.0 Å². The Labute approximate surface area is 339 Å². The summed E-state index contributed by atoms with van der Waals surface area (Å²) in [5, 5.41) is 24.9. The zero-order chi connectivity index (χ0) is 43.9. The van der Waals surface area contributed by atoms with E-state index in [1.165, 1.54) is 19.9 Å². The van der Waals surface area contributed by atoms with E-state index in [1.807, 2.05) is 27.7 Å². The van der Waals surface area contributed by atoms with E-state index in [2.05, 4.69) is 31.9 Å². The summed E-state index contributed by atoms with van der Waals surface area (Å²) < 4.78 is 4.91. The van der Waals surface area contributed by atoms with Crippen molar-refractivity contribution in [2.45, 2.75) is 130 Å². The number of amides is 7. The van der Waals surface area contributed by atoms with Crippen LogP contribution in [0.25, 0.3) is 0 Å². The van der Waals surface area contributed by atoms with Crippen LogP contribution in [0.5, 0.6) is 0 Å². The van der Waals surface area contributed by atoms with Crippen molar-refractivity contribution >= 4 is 53.3 Å². The first-order valence-electron chi connectivity index (χ1n) is 19.4. The number of carboxylic acid groups (broad SMARTS) is 1. The van der Waals surface area contributed by atoms with E-state index in [0.29, 0.717) is 5.56 Å². The molecular formula is C40H61N7O11. The molecule has 7 amide bonds. The van der Waals surface area contributed by atoms with Crippen LogP contribution >= 0.6 is 0 Å². The number of rotatable bonds is 26. The molecule has 0 aromatic heterocycles. The van der Waals surface area contributed by atoms with Crippen molar-refractivity contribution < 1.29 is 53.0 Å². The van der Waals surface area contributed by atoms with Crippen molar-refractivity contribution in [2.75, 3.05) is 6.61 Å². The number of hydrogen-bond acceptors (Lipinski definition) is 10. The lowest BCUT2D eigenvalue weighted by atomic mass is 10.00. The molecule has 1 aromatic carbocycles. The number of carbonyl (C=O) groups is 9. The topological polar surface area (TPSA) is 281 Å². The fourth-order valence-corrected chi connectivity index (χ4v) is 5.65. The number of aliphatic carboxylic acids is 1. The summed E-state index contributed by atoms with van der Waals surface area (Å²) in [7, 11) is 0. The Hall–Kier alpha value is -5.81. The zero-order valence-corrected chi connectivity index (χ0v) is 34.4. The predicted octanol–water partition coefficient (Wildman–Crippen LogP) is 0.520. The van der Waals surface area contributed by atoms with Crippen molar-refractivity contribution in [3.63, 3.8) is 0 Å². The van der Waals surface area contributed by atoms with E-state index in [-0.39, 0.29) is 57.0 Å². The van der Waals surface area contributed by atoms with Gasteiger partial charge in [0.05, 0.1) is 6.61 Å². The maximum atomic E-state index is 13.9. The second kappa shape index (κ2) is 26.2. The SMILES string of the molecule is CCOC(=O)/C=C/[C@H](CCC(N)=O)NC(=O)[C@H](Cc1ccccc1)NC(=O)[C@H](CC(C)C)NC(=O)[C@H](C)NC(=O)[C@H](CCC(=O)O)NC(=O)[C@H](CC(C)C)NC(C)=O. The molecule has 1 rings (SSSR count). The van der Waals surface area contributed by atoms with Crippen LogP contribution in [-0.4, -0.2) is 101 Å². The molecule has 18 heteroatoms. The van der Waals surface area contributed by atoms with Crippen LogP contribution in [0.4, 0.5) is 0 Å². The molecule has 322 valence electrons. The van der Waals surface area contributed by atoms with Gasteiger partial charge in [0.15, 0.2) is 0 Å². The molecule has 58 heavy (non-hydrogen) atoms. The largest absolute Gasteiger partial charge is 0.481 e. The molecule has 0 radical (unpaired) electrons. The summed E-state index contributed by atoms with van der Waals surface area (Å²) in [4.78, 5) is 114. The van der Waals surface area contributed by atoms with Gasteiger partial charge in [-0.05, 0) is 56.9 Å². The highest BCUT2D eigenvalue weighted by Gasteiger charge is 2.32. The Bertz CT molecular complexity index is 1600. The number of primary amides is 1. The van der Waals surface area contributed by atoms with E-state index in [1.54, 1.807) is 37.3 Å². The molecule has 6 atom stereocenters. The molecule has 1 aromatic rings. The molecule has 0 bridgehead atoms. The second-order valence-corrected chi connectivity index (χ2v) is 14.8. The highest BCUT2D eigenvalue weighted by molar-refractivity contribution is 5.96. The first-order chi connectivity index (χ1) is 27.2. The van der Waals surface area contributed by atoms with Crippen LogP contribution in [0, 0.1) is 11.8 Å². The summed E-state index contributed by atoms with van der Waals surface area (Å²) >= 11 is 0. The fraction of sp³-hybridized carbons (Fsp3) is 0.575. The molecule has 0 unspecified atom stereocenters. The third-order valence-electron chi connectivity index (χ3n) is 8.47. The van der Waals surface area contributed by atoms with Crippen molar-refractivity contribution in [3.8, 4) is 0 Å². The average molecular weight is 816 g/mol. The highest BCUT2D eigenvalue weighted by Crippen LogP contribution is 2.11. The van der Waals surface area contributed by atoms with E-state index in [4.69, 9.17) is 10.5 Å². The van der Waals surface area contributed by atoms with E-state index >= 15 is 0 Å². The third kappa shape index (κ3) is 20.9. The first-order valence-corrected chi connectivity index (χ1v) is 19.4. The third-order valence-corrected chi connectivity index (χ3v) is 8.47. The first kappa shape index (κ1) is 50.2. The Kier molecular flexibility index (Phi) is 22.7. The van der Waals surface area contributed by atoms with Gasteiger partial charge >= 0.3 is 11.9 Å². The van der Waals surface area contributed by atoms with Crippen molar-refractivity contribution in [1.29, 1.82) is 0 Å². The summed E-state index contributed by atoms with van der Waals surface area (Å²) in [5.41, 5.74) is 6.02. The molecule has 0 saturated carbocycles. The maximum Gasteiger partial charge on any atom is 0.330 e. The lowest BCUT2D eigenvalue weighted by Crippen LogP contribution is -2.59. The van der Waals surface area contributed by atoms with Crippen molar-refractivity contribution in [1.82, 2.24) is 31.9 Å². The number of hydrogen-bond donors (Lipinski definition) is 8. The fourth-order valence-electron chi connectivity index (χ4n) is 5.65. The van der Waals surface area contributed by atoms with Gasteiger partial charge < -0.3 is 47.5 Å². The smallest absolute Gasteiger partial charge is 0.330 e. The summed E-state index contributed by atoms with van der Waals surface area (Å²) in [6.45, 7) is 11.6. The molecular weight excluding hydrogens is 754 g/mol. The summed E-state index contributed by atoms with van der Waals surface area (Å²) in [6.07, 6.45) is 2.00. The molecule has 0 heterocycles. The molecule has 0 fully saturated rings. The second-order valence-electron chi connectivity index (χ2n) is 14.8. The predicted molar refractivity (Wildman–Crippen MR) is 213 cm³/mol.